The molecule has 0 aliphatic carbocycles. The second kappa shape index (κ2) is 4.79. The van der Waals surface area contributed by atoms with E-state index in [0.29, 0.717) is 12.2 Å². The van der Waals surface area contributed by atoms with Crippen molar-refractivity contribution in [1.82, 2.24) is 0 Å². The first-order valence-electron chi connectivity index (χ1n) is 4.99. The maximum Gasteiger partial charge on any atom is 0.416 e. The maximum atomic E-state index is 12.3. The van der Waals surface area contributed by atoms with Crippen LogP contribution in [-0.4, -0.2) is 0 Å². The van der Waals surface area contributed by atoms with E-state index in [0.717, 1.165) is 17.0 Å². The number of halogens is 3. The van der Waals surface area contributed by atoms with Crippen LogP contribution in [-0.2, 0) is 12.7 Å². The van der Waals surface area contributed by atoms with Crippen LogP contribution in [0.1, 0.15) is 10.4 Å². The van der Waals surface area contributed by atoms with E-state index in [-0.39, 0.29) is 0 Å². The van der Waals surface area contributed by atoms with Crippen LogP contribution < -0.4 is 5.32 Å². The van der Waals surface area contributed by atoms with Crippen molar-refractivity contribution in [2.24, 2.45) is 0 Å². The molecule has 0 atom stereocenters. The number of anilines is 1. The molecule has 1 aromatic carbocycles. The second-order valence-corrected chi connectivity index (χ2v) is 4.54. The number of hydrogen-bond donors (Lipinski definition) is 1. The molecule has 5 heteroatoms. The van der Waals surface area contributed by atoms with Crippen LogP contribution in [0.2, 0.25) is 0 Å². The molecule has 17 heavy (non-hydrogen) atoms. The van der Waals surface area contributed by atoms with Gasteiger partial charge in [-0.3, -0.25) is 0 Å². The SMILES string of the molecule is FC(F)(F)c1ccc(NCc2cccs2)cc1. The molecule has 1 N–H and O–H groups in total. The summed E-state index contributed by atoms with van der Waals surface area (Å²) in [6.07, 6.45) is -4.27. The van der Waals surface area contributed by atoms with Crippen LogP contribution in [0.25, 0.3) is 0 Å². The van der Waals surface area contributed by atoms with Crippen LogP contribution in [0.15, 0.2) is 41.8 Å². The molecule has 2 rings (SSSR count). The Kier molecular flexibility index (Phi) is 3.38. The van der Waals surface area contributed by atoms with Gasteiger partial charge >= 0.3 is 6.18 Å². The average Bonchev–Trinajstić information content (AvgIpc) is 2.78. The van der Waals surface area contributed by atoms with E-state index < -0.39 is 11.7 Å². The number of hydrogen-bond acceptors (Lipinski definition) is 2. The summed E-state index contributed by atoms with van der Waals surface area (Å²) in [5, 5.41) is 5.03. The molecular weight excluding hydrogens is 247 g/mol. The monoisotopic (exact) mass is 257 g/mol. The Balaban J connectivity index is 1.99. The summed E-state index contributed by atoms with van der Waals surface area (Å²) in [6.45, 7) is 0.628. The zero-order valence-electron chi connectivity index (χ0n) is 8.79. The normalized spacial score (nSPS) is 11.5. The fourth-order valence-electron chi connectivity index (χ4n) is 1.38. The van der Waals surface area contributed by atoms with Gasteiger partial charge in [0.1, 0.15) is 0 Å². The first kappa shape index (κ1) is 12.0. The van der Waals surface area contributed by atoms with Gasteiger partial charge in [-0.05, 0) is 35.7 Å². The summed E-state index contributed by atoms with van der Waals surface area (Å²) in [7, 11) is 0. The summed E-state index contributed by atoms with van der Waals surface area (Å²) >= 11 is 1.61. The van der Waals surface area contributed by atoms with E-state index in [4.69, 9.17) is 0 Å². The lowest BCUT2D eigenvalue weighted by Gasteiger charge is -2.08. The third kappa shape index (κ3) is 3.23. The summed E-state index contributed by atoms with van der Waals surface area (Å²) in [6, 6.07) is 8.95. The van der Waals surface area contributed by atoms with Crippen LogP contribution in [0, 0.1) is 0 Å². The third-order valence-electron chi connectivity index (χ3n) is 2.26. The molecule has 0 aliphatic heterocycles. The number of alkyl halides is 3. The van der Waals surface area contributed by atoms with Crippen molar-refractivity contribution in [2.45, 2.75) is 12.7 Å². The quantitative estimate of drug-likeness (QED) is 0.860. The Morgan fingerprint density at radius 1 is 1.06 bits per heavy atom. The fraction of sp³-hybridized carbons (Fsp3) is 0.167. The molecule has 90 valence electrons. The number of thiophene rings is 1. The average molecular weight is 257 g/mol. The van der Waals surface area contributed by atoms with E-state index in [1.54, 1.807) is 11.3 Å². The molecule has 0 spiro atoms. The molecule has 0 saturated heterocycles. The predicted octanol–water partition coefficient (Wildman–Crippen LogP) is 4.38. The smallest absolute Gasteiger partial charge is 0.380 e. The number of benzene rings is 1. The van der Waals surface area contributed by atoms with Gasteiger partial charge in [-0.1, -0.05) is 6.07 Å². The van der Waals surface area contributed by atoms with Crippen LogP contribution in [0.4, 0.5) is 18.9 Å². The van der Waals surface area contributed by atoms with Gasteiger partial charge in [-0.15, -0.1) is 11.3 Å². The topological polar surface area (TPSA) is 12.0 Å². The first-order chi connectivity index (χ1) is 8.05. The minimum absolute atomic E-state index is 0.626. The van der Waals surface area contributed by atoms with E-state index >= 15 is 0 Å². The van der Waals surface area contributed by atoms with Crippen molar-refractivity contribution in [3.05, 3.63) is 52.2 Å². The fourth-order valence-corrected chi connectivity index (χ4v) is 2.02. The van der Waals surface area contributed by atoms with Gasteiger partial charge in [0, 0.05) is 17.1 Å². The molecule has 2 aromatic rings. The zero-order valence-corrected chi connectivity index (χ0v) is 9.61. The highest BCUT2D eigenvalue weighted by molar-refractivity contribution is 7.09. The van der Waals surface area contributed by atoms with Crippen molar-refractivity contribution in [1.29, 1.82) is 0 Å². The van der Waals surface area contributed by atoms with Crippen molar-refractivity contribution in [3.8, 4) is 0 Å². The second-order valence-electron chi connectivity index (χ2n) is 3.51. The summed E-state index contributed by atoms with van der Waals surface area (Å²) in [5.74, 6) is 0. The Bertz CT molecular complexity index is 459. The molecule has 0 bridgehead atoms. The van der Waals surface area contributed by atoms with Gasteiger partial charge in [-0.2, -0.15) is 13.2 Å². The lowest BCUT2D eigenvalue weighted by Crippen LogP contribution is -2.05. The summed E-state index contributed by atoms with van der Waals surface area (Å²) in [4.78, 5) is 1.14. The molecule has 0 aliphatic rings. The standard InChI is InChI=1S/C12H10F3NS/c13-12(14,15)9-3-5-10(6-4-9)16-8-11-2-1-7-17-11/h1-7,16H,8H2. The van der Waals surface area contributed by atoms with Gasteiger partial charge in [0.05, 0.1) is 5.56 Å². The maximum absolute atomic E-state index is 12.3. The molecule has 0 fully saturated rings. The highest BCUT2D eigenvalue weighted by Gasteiger charge is 2.29. The molecular formula is C12H10F3NS. The van der Waals surface area contributed by atoms with Gasteiger partial charge in [0.25, 0.3) is 0 Å². The third-order valence-corrected chi connectivity index (χ3v) is 3.14. The van der Waals surface area contributed by atoms with E-state index in [2.05, 4.69) is 5.32 Å². The van der Waals surface area contributed by atoms with Crippen LogP contribution in [0.3, 0.4) is 0 Å². The van der Waals surface area contributed by atoms with Crippen LogP contribution >= 0.6 is 11.3 Å². The van der Waals surface area contributed by atoms with E-state index in [9.17, 15) is 13.2 Å². The molecule has 0 saturated carbocycles. The molecule has 0 amide bonds. The van der Waals surface area contributed by atoms with E-state index in [1.165, 1.54) is 12.1 Å². The van der Waals surface area contributed by atoms with Crippen molar-refractivity contribution in [2.75, 3.05) is 5.32 Å². The van der Waals surface area contributed by atoms with E-state index in [1.807, 2.05) is 17.5 Å². The molecule has 1 nitrogen and oxygen atoms in total. The van der Waals surface area contributed by atoms with Gasteiger partial charge in [0.15, 0.2) is 0 Å². The zero-order chi connectivity index (χ0) is 12.3. The number of nitrogens with one attached hydrogen (secondary N) is 1. The highest BCUT2D eigenvalue weighted by atomic mass is 32.1. The molecule has 0 unspecified atom stereocenters. The van der Waals surface area contributed by atoms with Crippen molar-refractivity contribution in [3.63, 3.8) is 0 Å². The minimum atomic E-state index is -4.27. The Morgan fingerprint density at radius 3 is 2.29 bits per heavy atom. The van der Waals surface area contributed by atoms with Gasteiger partial charge in [-0.25, -0.2) is 0 Å². The van der Waals surface area contributed by atoms with Crippen molar-refractivity contribution < 1.29 is 13.2 Å². The first-order valence-corrected chi connectivity index (χ1v) is 5.87. The highest BCUT2D eigenvalue weighted by Crippen LogP contribution is 2.29. The lowest BCUT2D eigenvalue weighted by atomic mass is 10.2. The minimum Gasteiger partial charge on any atom is -0.380 e. The van der Waals surface area contributed by atoms with Gasteiger partial charge in [0.2, 0.25) is 0 Å². The molecule has 0 radical (unpaired) electrons. The Hall–Kier alpha value is -1.49. The summed E-state index contributed by atoms with van der Waals surface area (Å²) < 4.78 is 36.9. The lowest BCUT2D eigenvalue weighted by molar-refractivity contribution is -0.137. The largest absolute Gasteiger partial charge is 0.416 e. The molecule has 1 aromatic heterocycles. The number of rotatable bonds is 3. The Labute approximate surface area is 101 Å². The summed E-state index contributed by atoms with van der Waals surface area (Å²) in [5.41, 5.74) is 0.0607. The Morgan fingerprint density at radius 2 is 1.76 bits per heavy atom. The predicted molar refractivity (Wildman–Crippen MR) is 63.1 cm³/mol. The van der Waals surface area contributed by atoms with Crippen LogP contribution in [0.5, 0.6) is 0 Å². The van der Waals surface area contributed by atoms with Gasteiger partial charge < -0.3 is 5.32 Å². The van der Waals surface area contributed by atoms with Crippen molar-refractivity contribution >= 4 is 17.0 Å². The molecule has 1 heterocycles.